The average Bonchev–Trinajstić information content (AvgIpc) is 2.82. The number of carbonyl (C=O) groups is 4. The Bertz CT molecular complexity index is 886. The van der Waals surface area contributed by atoms with Crippen LogP contribution in [0, 0.1) is 0 Å². The molecule has 1 aliphatic rings. The van der Waals surface area contributed by atoms with Crippen molar-refractivity contribution in [3.63, 3.8) is 0 Å². The molecule has 2 aromatic rings. The third-order valence-electron chi connectivity index (χ3n) is 3.69. The van der Waals surface area contributed by atoms with E-state index in [2.05, 4.69) is 5.32 Å². The number of phenols is 1. The van der Waals surface area contributed by atoms with Crippen LogP contribution in [0.5, 0.6) is 5.75 Å². The Balaban J connectivity index is 1.78. The van der Waals surface area contributed by atoms with Gasteiger partial charge in [-0.2, -0.15) is 0 Å². The van der Waals surface area contributed by atoms with Crippen molar-refractivity contribution in [2.45, 2.75) is 0 Å². The first-order chi connectivity index (χ1) is 11.9. The number of carboxylic acids is 1. The van der Waals surface area contributed by atoms with Gasteiger partial charge in [0.05, 0.1) is 22.4 Å². The van der Waals surface area contributed by atoms with Gasteiger partial charge in [-0.15, -0.1) is 0 Å². The smallest absolute Gasteiger partial charge is 0.337 e. The molecule has 3 N–H and O–H groups in total. The van der Waals surface area contributed by atoms with Crippen molar-refractivity contribution in [2.75, 3.05) is 11.9 Å². The minimum atomic E-state index is -1.34. The minimum Gasteiger partial charge on any atom is -0.508 e. The Hall–Kier alpha value is -3.68. The number of carbonyl (C=O) groups excluding carboxylic acids is 3. The van der Waals surface area contributed by atoms with Gasteiger partial charge in [-0.3, -0.25) is 19.3 Å². The van der Waals surface area contributed by atoms with Crippen LogP contribution in [-0.4, -0.2) is 45.3 Å². The highest BCUT2D eigenvalue weighted by Crippen LogP contribution is 2.24. The number of rotatable bonds is 4. The standard InChI is InChI=1S/C17H12N2O6/c20-9-5-6-13(12(7-9)17(24)25)18-14(21)8-19-15(22)10-3-1-2-4-11(10)16(19)23/h1-7,20H,8H2,(H,18,21)(H,24,25). The van der Waals surface area contributed by atoms with Gasteiger partial charge < -0.3 is 15.5 Å². The zero-order valence-corrected chi connectivity index (χ0v) is 12.7. The van der Waals surface area contributed by atoms with Gasteiger partial charge in [0.2, 0.25) is 5.91 Å². The van der Waals surface area contributed by atoms with Crippen LogP contribution in [-0.2, 0) is 4.79 Å². The molecule has 3 amide bonds. The van der Waals surface area contributed by atoms with Gasteiger partial charge in [-0.05, 0) is 30.3 Å². The number of imide groups is 1. The second-order valence-corrected chi connectivity index (χ2v) is 5.33. The molecule has 126 valence electrons. The van der Waals surface area contributed by atoms with Crippen LogP contribution in [0.4, 0.5) is 5.69 Å². The summed E-state index contributed by atoms with van der Waals surface area (Å²) >= 11 is 0. The van der Waals surface area contributed by atoms with Crippen molar-refractivity contribution < 1.29 is 29.4 Å². The number of hydrogen-bond donors (Lipinski definition) is 3. The first-order valence-corrected chi connectivity index (χ1v) is 7.20. The van der Waals surface area contributed by atoms with Crippen LogP contribution in [0.1, 0.15) is 31.1 Å². The van der Waals surface area contributed by atoms with Gasteiger partial charge in [-0.1, -0.05) is 12.1 Å². The molecular formula is C17H12N2O6. The molecule has 0 saturated carbocycles. The number of amides is 3. The molecule has 0 bridgehead atoms. The molecule has 1 aliphatic heterocycles. The molecule has 0 radical (unpaired) electrons. The summed E-state index contributed by atoms with van der Waals surface area (Å²) in [6.45, 7) is -0.549. The van der Waals surface area contributed by atoms with Crippen molar-refractivity contribution in [1.82, 2.24) is 4.90 Å². The van der Waals surface area contributed by atoms with Crippen molar-refractivity contribution in [1.29, 1.82) is 0 Å². The van der Waals surface area contributed by atoms with Crippen LogP contribution in [0.15, 0.2) is 42.5 Å². The number of nitrogens with zero attached hydrogens (tertiary/aromatic N) is 1. The minimum absolute atomic E-state index is 0.0492. The molecule has 8 nitrogen and oxygen atoms in total. The second kappa shape index (κ2) is 6.08. The first-order valence-electron chi connectivity index (χ1n) is 7.20. The maximum atomic E-state index is 12.2. The van der Waals surface area contributed by atoms with Gasteiger partial charge in [0.1, 0.15) is 12.3 Å². The van der Waals surface area contributed by atoms with Crippen molar-refractivity contribution in [2.24, 2.45) is 0 Å². The van der Waals surface area contributed by atoms with Crippen molar-refractivity contribution >= 4 is 29.4 Å². The van der Waals surface area contributed by atoms with Crippen molar-refractivity contribution in [3.05, 3.63) is 59.2 Å². The number of aromatic hydroxyl groups is 1. The highest BCUT2D eigenvalue weighted by Gasteiger charge is 2.36. The lowest BCUT2D eigenvalue weighted by molar-refractivity contribution is -0.116. The molecule has 0 unspecified atom stereocenters. The first kappa shape index (κ1) is 16.2. The predicted molar refractivity (Wildman–Crippen MR) is 85.5 cm³/mol. The third-order valence-corrected chi connectivity index (χ3v) is 3.69. The van der Waals surface area contributed by atoms with E-state index < -0.39 is 30.2 Å². The van der Waals surface area contributed by atoms with Crippen LogP contribution < -0.4 is 5.32 Å². The molecule has 3 rings (SSSR count). The molecule has 0 fully saturated rings. The maximum absolute atomic E-state index is 12.2. The highest BCUT2D eigenvalue weighted by molar-refractivity contribution is 6.22. The number of benzene rings is 2. The van der Waals surface area contributed by atoms with E-state index in [0.717, 1.165) is 11.0 Å². The monoisotopic (exact) mass is 340 g/mol. The Morgan fingerprint density at radius 3 is 2.16 bits per heavy atom. The Morgan fingerprint density at radius 1 is 1.00 bits per heavy atom. The molecule has 8 heteroatoms. The molecule has 0 atom stereocenters. The summed E-state index contributed by atoms with van der Waals surface area (Å²) < 4.78 is 0. The van der Waals surface area contributed by atoms with Gasteiger partial charge in [0, 0.05) is 0 Å². The van der Waals surface area contributed by atoms with Gasteiger partial charge >= 0.3 is 5.97 Å². The summed E-state index contributed by atoms with van der Waals surface area (Å²) in [6, 6.07) is 9.64. The summed E-state index contributed by atoms with van der Waals surface area (Å²) in [7, 11) is 0. The Labute approximate surface area is 141 Å². The fourth-order valence-corrected chi connectivity index (χ4v) is 2.53. The highest BCUT2D eigenvalue weighted by atomic mass is 16.4. The fraction of sp³-hybridized carbons (Fsp3) is 0.0588. The van der Waals surface area contributed by atoms with Gasteiger partial charge in [-0.25, -0.2) is 4.79 Å². The van der Waals surface area contributed by atoms with Crippen molar-refractivity contribution in [3.8, 4) is 5.75 Å². The number of nitrogens with one attached hydrogen (secondary N) is 1. The number of aromatic carboxylic acids is 1. The lowest BCUT2D eigenvalue weighted by atomic mass is 10.1. The number of anilines is 1. The summed E-state index contributed by atoms with van der Waals surface area (Å²) in [6.07, 6.45) is 0. The van der Waals surface area contributed by atoms with Gasteiger partial charge in [0.25, 0.3) is 11.8 Å². The zero-order valence-electron chi connectivity index (χ0n) is 12.7. The lowest BCUT2D eigenvalue weighted by Gasteiger charge is -2.14. The number of hydrogen-bond acceptors (Lipinski definition) is 5. The molecular weight excluding hydrogens is 328 g/mol. The molecule has 2 aromatic carbocycles. The van der Waals surface area contributed by atoms with Crippen LogP contribution in [0.3, 0.4) is 0 Å². The topological polar surface area (TPSA) is 124 Å². The van der Waals surface area contributed by atoms with E-state index in [0.29, 0.717) is 0 Å². The summed E-state index contributed by atoms with van der Waals surface area (Å²) in [4.78, 5) is 48.5. The van der Waals surface area contributed by atoms with Gasteiger partial charge in [0.15, 0.2) is 0 Å². The fourth-order valence-electron chi connectivity index (χ4n) is 2.53. The van der Waals surface area contributed by atoms with E-state index >= 15 is 0 Å². The van der Waals surface area contributed by atoms with E-state index in [-0.39, 0.29) is 28.1 Å². The quantitative estimate of drug-likeness (QED) is 0.570. The van der Waals surface area contributed by atoms with E-state index in [1.54, 1.807) is 12.1 Å². The predicted octanol–water partition coefficient (Wildman–Crippen LogP) is 1.33. The molecule has 0 aromatic heterocycles. The molecule has 25 heavy (non-hydrogen) atoms. The second-order valence-electron chi connectivity index (χ2n) is 5.33. The normalized spacial score (nSPS) is 12.9. The Morgan fingerprint density at radius 2 is 1.60 bits per heavy atom. The van der Waals surface area contributed by atoms with Crippen LogP contribution in [0.25, 0.3) is 0 Å². The van der Waals surface area contributed by atoms with E-state index in [1.807, 2.05) is 0 Å². The molecule has 0 aliphatic carbocycles. The largest absolute Gasteiger partial charge is 0.508 e. The molecule has 0 spiro atoms. The molecule has 1 heterocycles. The third kappa shape index (κ3) is 2.92. The average molecular weight is 340 g/mol. The summed E-state index contributed by atoms with van der Waals surface area (Å²) in [5.41, 5.74) is 0.0786. The number of phenolic OH excluding ortho intramolecular Hbond substituents is 1. The van der Waals surface area contributed by atoms with Crippen LogP contribution in [0.2, 0.25) is 0 Å². The Kier molecular flexibility index (Phi) is 3.94. The summed E-state index contributed by atoms with van der Waals surface area (Å²) in [5.74, 6) is -3.51. The van der Waals surface area contributed by atoms with Crippen LogP contribution >= 0.6 is 0 Å². The zero-order chi connectivity index (χ0) is 18.1. The maximum Gasteiger partial charge on any atom is 0.337 e. The SMILES string of the molecule is O=C(CN1C(=O)c2ccccc2C1=O)Nc1ccc(O)cc1C(=O)O. The van der Waals surface area contributed by atoms with E-state index in [1.165, 1.54) is 24.3 Å². The number of fused-ring (bicyclic) bond motifs is 1. The summed E-state index contributed by atoms with van der Waals surface area (Å²) in [5, 5.41) is 20.8. The van der Waals surface area contributed by atoms with E-state index in [9.17, 15) is 24.3 Å². The van der Waals surface area contributed by atoms with E-state index in [4.69, 9.17) is 5.11 Å². The lowest BCUT2D eigenvalue weighted by Crippen LogP contribution is -2.37. The number of carboxylic acid groups (broad SMARTS) is 1. The molecule has 0 saturated heterocycles.